The number of halogens is 1. The van der Waals surface area contributed by atoms with Gasteiger partial charge in [0.1, 0.15) is 5.82 Å². The van der Waals surface area contributed by atoms with Gasteiger partial charge in [-0.25, -0.2) is 4.39 Å². The molecule has 0 N–H and O–H groups in total. The Morgan fingerprint density at radius 3 is 2.79 bits per heavy atom. The van der Waals surface area contributed by atoms with Gasteiger partial charge in [0.25, 0.3) is 0 Å². The van der Waals surface area contributed by atoms with Crippen LogP contribution in [0, 0.1) is 12.7 Å². The highest BCUT2D eigenvalue weighted by atomic mass is 19.1. The van der Waals surface area contributed by atoms with Crippen molar-refractivity contribution in [2.45, 2.75) is 25.7 Å². The summed E-state index contributed by atoms with van der Waals surface area (Å²) in [5.41, 5.74) is 2.13. The summed E-state index contributed by atoms with van der Waals surface area (Å²) in [7, 11) is 0. The van der Waals surface area contributed by atoms with Crippen LogP contribution >= 0.6 is 0 Å². The second-order valence-corrected chi connectivity index (χ2v) is 3.44. The lowest BCUT2D eigenvalue weighted by molar-refractivity contribution is 0.623. The van der Waals surface area contributed by atoms with E-state index in [1.807, 2.05) is 6.07 Å². The van der Waals surface area contributed by atoms with E-state index in [0.29, 0.717) is 0 Å². The molecule has 0 aliphatic carbocycles. The molecule has 1 rings (SSSR count). The minimum atomic E-state index is -0.199. The van der Waals surface area contributed by atoms with E-state index in [0.717, 1.165) is 18.4 Å². The molecule has 0 heterocycles. The highest BCUT2D eigenvalue weighted by Crippen LogP contribution is 2.22. The molecule has 0 aliphatic rings. The van der Waals surface area contributed by atoms with Gasteiger partial charge in [0.2, 0.25) is 0 Å². The Morgan fingerprint density at radius 1 is 1.50 bits per heavy atom. The maximum atomic E-state index is 13.0. The highest BCUT2D eigenvalue weighted by Gasteiger charge is 2.08. The minimum Gasteiger partial charge on any atom is -0.207 e. The lowest BCUT2D eigenvalue weighted by atomic mass is 9.93. The molecule has 1 heteroatoms. The molecule has 0 saturated heterocycles. The zero-order valence-electron chi connectivity index (χ0n) is 8.59. The Bertz CT molecular complexity index is 315. The molecule has 0 aromatic heterocycles. The van der Waals surface area contributed by atoms with Crippen molar-refractivity contribution in [2.24, 2.45) is 0 Å². The fraction of sp³-hybridized carbons (Fsp3) is 0.308. The van der Waals surface area contributed by atoms with Crippen LogP contribution in [0.3, 0.4) is 0 Å². The topological polar surface area (TPSA) is 0 Å². The Balaban J connectivity index is 3.08. The molecule has 0 nitrogen and oxygen atoms in total. The summed E-state index contributed by atoms with van der Waals surface area (Å²) < 4.78 is 13.0. The van der Waals surface area contributed by atoms with Crippen LogP contribution < -0.4 is 0 Å². The first-order valence-electron chi connectivity index (χ1n) is 4.93. The van der Waals surface area contributed by atoms with Gasteiger partial charge in [0.15, 0.2) is 0 Å². The molecule has 1 aromatic carbocycles. The van der Waals surface area contributed by atoms with E-state index in [-0.39, 0.29) is 11.7 Å². The Labute approximate surface area is 85.5 Å². The molecule has 0 fully saturated rings. The number of hydrogen-bond acceptors (Lipinski definition) is 0. The summed E-state index contributed by atoms with van der Waals surface area (Å²) in [4.78, 5) is 0. The predicted octanol–water partition coefficient (Wildman–Crippen LogP) is 3.88. The van der Waals surface area contributed by atoms with Crippen LogP contribution in [0.4, 0.5) is 4.39 Å². The zero-order chi connectivity index (χ0) is 10.6. The maximum absolute atomic E-state index is 13.0. The summed E-state index contributed by atoms with van der Waals surface area (Å²) in [6.07, 6.45) is 3.77. The lowest BCUT2D eigenvalue weighted by Gasteiger charge is -2.12. The van der Waals surface area contributed by atoms with Gasteiger partial charge in [-0.05, 0) is 36.6 Å². The number of allylic oxidation sites excluding steroid dienone is 1. The fourth-order valence-corrected chi connectivity index (χ4v) is 1.53. The third kappa shape index (κ3) is 2.44. The van der Waals surface area contributed by atoms with Crippen LogP contribution in [0.15, 0.2) is 30.9 Å². The van der Waals surface area contributed by atoms with Crippen LogP contribution in [0.5, 0.6) is 0 Å². The Hall–Kier alpha value is -1.11. The van der Waals surface area contributed by atoms with Crippen molar-refractivity contribution in [3.63, 3.8) is 0 Å². The summed E-state index contributed by atoms with van der Waals surface area (Å²) in [6.45, 7) is 9.72. The molecule has 0 amide bonds. The first-order chi connectivity index (χ1) is 6.69. The first kappa shape index (κ1) is 11.0. The average Bonchev–Trinajstić information content (AvgIpc) is 2.20. The minimum absolute atomic E-state index is 0.0211. The third-order valence-corrected chi connectivity index (χ3v) is 2.31. The molecule has 1 radical (unpaired) electrons. The normalized spacial score (nSPS) is 12.5. The van der Waals surface area contributed by atoms with Crippen molar-refractivity contribution in [1.82, 2.24) is 0 Å². The van der Waals surface area contributed by atoms with Crippen molar-refractivity contribution < 1.29 is 4.39 Å². The quantitative estimate of drug-likeness (QED) is 0.633. The van der Waals surface area contributed by atoms with E-state index in [1.165, 1.54) is 11.6 Å². The lowest BCUT2D eigenvalue weighted by Crippen LogP contribution is -1.98. The molecule has 0 bridgehead atoms. The van der Waals surface area contributed by atoms with Crippen molar-refractivity contribution in [3.8, 4) is 0 Å². The van der Waals surface area contributed by atoms with Gasteiger partial charge in [0.05, 0.1) is 0 Å². The van der Waals surface area contributed by atoms with Crippen LogP contribution in [-0.4, -0.2) is 0 Å². The Kier molecular flexibility index (Phi) is 3.87. The van der Waals surface area contributed by atoms with Crippen molar-refractivity contribution in [3.05, 3.63) is 54.7 Å². The maximum Gasteiger partial charge on any atom is 0.123 e. The Morgan fingerprint density at radius 2 is 2.21 bits per heavy atom. The van der Waals surface area contributed by atoms with Gasteiger partial charge in [0, 0.05) is 5.92 Å². The summed E-state index contributed by atoms with van der Waals surface area (Å²) >= 11 is 0. The number of benzene rings is 1. The molecule has 0 spiro atoms. The third-order valence-electron chi connectivity index (χ3n) is 2.31. The summed E-state index contributed by atoms with van der Waals surface area (Å²) in [6, 6.07) is 4.91. The SMILES string of the molecule is [CH2]C(C=C)c1cc(F)ccc1CCC. The van der Waals surface area contributed by atoms with Crippen molar-refractivity contribution in [2.75, 3.05) is 0 Å². The van der Waals surface area contributed by atoms with Crippen LogP contribution in [0.1, 0.15) is 30.4 Å². The van der Waals surface area contributed by atoms with Crippen molar-refractivity contribution in [1.29, 1.82) is 0 Å². The second-order valence-electron chi connectivity index (χ2n) is 3.44. The van der Waals surface area contributed by atoms with E-state index in [4.69, 9.17) is 0 Å². The molecule has 75 valence electrons. The van der Waals surface area contributed by atoms with Gasteiger partial charge < -0.3 is 0 Å². The van der Waals surface area contributed by atoms with Crippen LogP contribution in [-0.2, 0) is 6.42 Å². The molecule has 1 aromatic rings. The van der Waals surface area contributed by atoms with Gasteiger partial charge >= 0.3 is 0 Å². The molecule has 0 saturated carbocycles. The van der Waals surface area contributed by atoms with Crippen LogP contribution in [0.2, 0.25) is 0 Å². The highest BCUT2D eigenvalue weighted by molar-refractivity contribution is 5.34. The van der Waals surface area contributed by atoms with Gasteiger partial charge in [-0.3, -0.25) is 0 Å². The second kappa shape index (κ2) is 4.94. The zero-order valence-corrected chi connectivity index (χ0v) is 8.59. The fourth-order valence-electron chi connectivity index (χ4n) is 1.53. The first-order valence-corrected chi connectivity index (χ1v) is 4.93. The summed E-state index contributed by atoms with van der Waals surface area (Å²) in [5.74, 6) is -0.220. The number of rotatable bonds is 4. The molecular weight excluding hydrogens is 175 g/mol. The van der Waals surface area contributed by atoms with E-state index in [2.05, 4.69) is 20.4 Å². The average molecular weight is 191 g/mol. The van der Waals surface area contributed by atoms with E-state index in [9.17, 15) is 4.39 Å². The van der Waals surface area contributed by atoms with Gasteiger partial charge in [-0.15, -0.1) is 6.58 Å². The molecular formula is C13H16F. The molecule has 1 unspecified atom stereocenters. The molecule has 14 heavy (non-hydrogen) atoms. The monoisotopic (exact) mass is 191 g/mol. The standard InChI is InChI=1S/C13H16F/c1-4-6-11-7-8-12(14)9-13(11)10(3)5-2/h5,7-10H,2-4,6H2,1H3. The smallest absolute Gasteiger partial charge is 0.123 e. The molecule has 1 atom stereocenters. The van der Waals surface area contributed by atoms with Gasteiger partial charge in [-0.1, -0.05) is 25.5 Å². The number of aryl methyl sites for hydroxylation is 1. The summed E-state index contributed by atoms with van der Waals surface area (Å²) in [5, 5.41) is 0. The van der Waals surface area contributed by atoms with E-state index < -0.39 is 0 Å². The predicted molar refractivity (Wildman–Crippen MR) is 58.7 cm³/mol. The van der Waals surface area contributed by atoms with Crippen molar-refractivity contribution >= 4 is 0 Å². The van der Waals surface area contributed by atoms with E-state index in [1.54, 1.807) is 12.1 Å². The number of hydrogen-bond donors (Lipinski definition) is 0. The van der Waals surface area contributed by atoms with Gasteiger partial charge in [-0.2, -0.15) is 0 Å². The van der Waals surface area contributed by atoms with Crippen LogP contribution in [0.25, 0.3) is 0 Å². The largest absolute Gasteiger partial charge is 0.207 e. The molecule has 0 aliphatic heterocycles. The van der Waals surface area contributed by atoms with E-state index >= 15 is 0 Å².